The number of nitrogens with zero attached hydrogens (tertiary/aromatic N) is 2. The van der Waals surface area contributed by atoms with Gasteiger partial charge in [0.1, 0.15) is 22.4 Å². The van der Waals surface area contributed by atoms with Gasteiger partial charge in [-0.25, -0.2) is 0 Å². The van der Waals surface area contributed by atoms with E-state index in [1.807, 2.05) is 19.9 Å². The van der Waals surface area contributed by atoms with E-state index >= 15 is 0 Å². The van der Waals surface area contributed by atoms with Gasteiger partial charge in [-0.15, -0.1) is 11.3 Å². The van der Waals surface area contributed by atoms with Gasteiger partial charge in [0, 0.05) is 28.7 Å². The molecule has 0 bridgehead atoms. The standard InChI is InChI=1S/C16H14N4O2S/c1-9-15(10(2)22-20-9)11-5-14(16(21)19-7-11)18-8-13-4-3-12(6-17)23-13/h3-5,7,18H,8H2,1-2H3,(H,19,21). The smallest absolute Gasteiger partial charge is 0.271 e. The van der Waals surface area contributed by atoms with Crippen LogP contribution in [0, 0.1) is 25.2 Å². The Bertz CT molecular complexity index is 926. The number of thiophene rings is 1. The fourth-order valence-corrected chi connectivity index (χ4v) is 3.11. The molecular formula is C16H14N4O2S. The first kappa shape index (κ1) is 15.1. The van der Waals surface area contributed by atoms with Gasteiger partial charge >= 0.3 is 0 Å². The number of pyridine rings is 1. The van der Waals surface area contributed by atoms with Crippen molar-refractivity contribution in [2.75, 3.05) is 5.32 Å². The summed E-state index contributed by atoms with van der Waals surface area (Å²) in [7, 11) is 0. The molecular weight excluding hydrogens is 312 g/mol. The highest BCUT2D eigenvalue weighted by molar-refractivity contribution is 7.12. The number of rotatable bonds is 4. The van der Waals surface area contributed by atoms with Crippen LogP contribution >= 0.6 is 11.3 Å². The van der Waals surface area contributed by atoms with Crippen molar-refractivity contribution in [3.63, 3.8) is 0 Å². The lowest BCUT2D eigenvalue weighted by atomic mass is 10.1. The second kappa shape index (κ2) is 6.10. The summed E-state index contributed by atoms with van der Waals surface area (Å²) >= 11 is 1.40. The number of aromatic amines is 1. The number of aromatic nitrogens is 2. The molecule has 2 N–H and O–H groups in total. The van der Waals surface area contributed by atoms with Crippen molar-refractivity contribution in [1.82, 2.24) is 10.1 Å². The molecule has 0 aromatic carbocycles. The second-order valence-electron chi connectivity index (χ2n) is 5.06. The zero-order valence-electron chi connectivity index (χ0n) is 12.6. The number of nitrogens with one attached hydrogen (secondary N) is 2. The summed E-state index contributed by atoms with van der Waals surface area (Å²) in [6.45, 7) is 4.18. The van der Waals surface area contributed by atoms with Gasteiger partial charge in [0.15, 0.2) is 0 Å². The van der Waals surface area contributed by atoms with E-state index in [-0.39, 0.29) is 5.56 Å². The van der Waals surface area contributed by atoms with Crippen molar-refractivity contribution in [1.29, 1.82) is 5.26 Å². The highest BCUT2D eigenvalue weighted by atomic mass is 32.1. The Hall–Kier alpha value is -2.85. The monoisotopic (exact) mass is 326 g/mol. The number of aryl methyl sites for hydroxylation is 2. The number of nitriles is 1. The molecule has 116 valence electrons. The van der Waals surface area contributed by atoms with E-state index in [0.717, 1.165) is 21.7 Å². The molecule has 0 aliphatic carbocycles. The van der Waals surface area contributed by atoms with Gasteiger partial charge in [-0.2, -0.15) is 5.26 Å². The molecule has 0 saturated carbocycles. The Kier molecular flexibility index (Phi) is 4.00. The van der Waals surface area contributed by atoms with Gasteiger partial charge in [0.25, 0.3) is 5.56 Å². The highest BCUT2D eigenvalue weighted by Gasteiger charge is 2.13. The largest absolute Gasteiger partial charge is 0.376 e. The molecule has 0 atom stereocenters. The Morgan fingerprint density at radius 1 is 1.43 bits per heavy atom. The molecule has 23 heavy (non-hydrogen) atoms. The number of anilines is 1. The SMILES string of the molecule is Cc1noc(C)c1-c1c[nH]c(=O)c(NCc2ccc(C#N)s2)c1. The minimum Gasteiger partial charge on any atom is -0.376 e. The first-order valence-corrected chi connectivity index (χ1v) is 7.79. The minimum atomic E-state index is -0.197. The van der Waals surface area contributed by atoms with E-state index in [0.29, 0.717) is 22.9 Å². The Morgan fingerprint density at radius 3 is 2.91 bits per heavy atom. The third-order valence-electron chi connectivity index (χ3n) is 3.45. The molecule has 3 aromatic rings. The van der Waals surface area contributed by atoms with Crippen LogP contribution < -0.4 is 10.9 Å². The summed E-state index contributed by atoms with van der Waals surface area (Å²) in [5.41, 5.74) is 2.77. The zero-order valence-corrected chi connectivity index (χ0v) is 13.5. The third-order valence-corrected chi connectivity index (χ3v) is 4.44. The Morgan fingerprint density at radius 2 is 2.26 bits per heavy atom. The molecule has 7 heteroatoms. The molecule has 0 radical (unpaired) electrons. The number of hydrogen-bond acceptors (Lipinski definition) is 6. The summed E-state index contributed by atoms with van der Waals surface area (Å²) in [6, 6.07) is 7.53. The van der Waals surface area contributed by atoms with E-state index in [1.165, 1.54) is 11.3 Å². The molecule has 0 aliphatic heterocycles. The van der Waals surface area contributed by atoms with Crippen LogP contribution in [0.15, 0.2) is 33.7 Å². The summed E-state index contributed by atoms with van der Waals surface area (Å²) in [5.74, 6) is 0.706. The minimum absolute atomic E-state index is 0.197. The van der Waals surface area contributed by atoms with Gasteiger partial charge in [-0.1, -0.05) is 5.16 Å². The van der Waals surface area contributed by atoms with Crippen LogP contribution in [0.4, 0.5) is 5.69 Å². The lowest BCUT2D eigenvalue weighted by Crippen LogP contribution is -2.13. The third kappa shape index (κ3) is 3.03. The van der Waals surface area contributed by atoms with Crippen molar-refractivity contribution in [2.45, 2.75) is 20.4 Å². The van der Waals surface area contributed by atoms with Crippen LogP contribution in [0.2, 0.25) is 0 Å². The van der Waals surface area contributed by atoms with Gasteiger partial charge in [0.2, 0.25) is 0 Å². The van der Waals surface area contributed by atoms with Crippen LogP contribution in [0.3, 0.4) is 0 Å². The van der Waals surface area contributed by atoms with Crippen LogP contribution in [0.25, 0.3) is 11.1 Å². The molecule has 0 amide bonds. The molecule has 0 aliphatic rings. The maximum Gasteiger partial charge on any atom is 0.271 e. The molecule has 3 rings (SSSR count). The fourth-order valence-electron chi connectivity index (χ4n) is 2.37. The van der Waals surface area contributed by atoms with E-state index < -0.39 is 0 Å². The normalized spacial score (nSPS) is 10.5. The van der Waals surface area contributed by atoms with E-state index in [1.54, 1.807) is 18.3 Å². The summed E-state index contributed by atoms with van der Waals surface area (Å²) in [5, 5.41) is 15.9. The lowest BCUT2D eigenvalue weighted by Gasteiger charge is -2.06. The van der Waals surface area contributed by atoms with Gasteiger partial charge in [-0.3, -0.25) is 4.79 Å². The first-order valence-electron chi connectivity index (χ1n) is 6.97. The van der Waals surface area contributed by atoms with Crippen molar-refractivity contribution >= 4 is 17.0 Å². The van der Waals surface area contributed by atoms with Crippen LogP contribution in [-0.4, -0.2) is 10.1 Å². The first-order chi connectivity index (χ1) is 11.1. The van der Waals surface area contributed by atoms with Crippen LogP contribution in [0.1, 0.15) is 21.2 Å². The molecule has 6 nitrogen and oxygen atoms in total. The quantitative estimate of drug-likeness (QED) is 0.768. The Balaban J connectivity index is 1.87. The predicted molar refractivity (Wildman–Crippen MR) is 88.4 cm³/mol. The lowest BCUT2D eigenvalue weighted by molar-refractivity contribution is 0.393. The van der Waals surface area contributed by atoms with Crippen LogP contribution in [-0.2, 0) is 6.54 Å². The van der Waals surface area contributed by atoms with Crippen molar-refractivity contribution in [2.24, 2.45) is 0 Å². The van der Waals surface area contributed by atoms with Gasteiger partial charge < -0.3 is 14.8 Å². The summed E-state index contributed by atoms with van der Waals surface area (Å²) < 4.78 is 5.17. The predicted octanol–water partition coefficient (Wildman–Crippen LogP) is 3.19. The average molecular weight is 326 g/mol. The molecule has 0 fully saturated rings. The maximum atomic E-state index is 12.0. The van der Waals surface area contributed by atoms with E-state index in [9.17, 15) is 4.79 Å². The summed E-state index contributed by atoms with van der Waals surface area (Å²) in [4.78, 5) is 16.4. The summed E-state index contributed by atoms with van der Waals surface area (Å²) in [6.07, 6.45) is 1.65. The van der Waals surface area contributed by atoms with Gasteiger partial charge in [0.05, 0.1) is 5.69 Å². The molecule has 0 saturated heterocycles. The maximum absolute atomic E-state index is 12.0. The Labute approximate surface area is 136 Å². The van der Waals surface area contributed by atoms with Crippen molar-refractivity contribution in [3.05, 3.63) is 56.0 Å². The van der Waals surface area contributed by atoms with Crippen molar-refractivity contribution in [3.8, 4) is 17.2 Å². The average Bonchev–Trinajstić information content (AvgIpc) is 3.13. The molecule has 0 spiro atoms. The van der Waals surface area contributed by atoms with Crippen LogP contribution in [0.5, 0.6) is 0 Å². The van der Waals surface area contributed by atoms with E-state index in [4.69, 9.17) is 9.78 Å². The molecule has 3 heterocycles. The number of hydrogen-bond donors (Lipinski definition) is 2. The zero-order chi connectivity index (χ0) is 16.4. The fraction of sp³-hybridized carbons (Fsp3) is 0.188. The molecule has 0 unspecified atom stereocenters. The van der Waals surface area contributed by atoms with Crippen molar-refractivity contribution < 1.29 is 4.52 Å². The second-order valence-corrected chi connectivity index (χ2v) is 6.23. The topological polar surface area (TPSA) is 94.7 Å². The van der Waals surface area contributed by atoms with E-state index in [2.05, 4.69) is 21.5 Å². The highest BCUT2D eigenvalue weighted by Crippen LogP contribution is 2.27. The van der Waals surface area contributed by atoms with Gasteiger partial charge in [-0.05, 0) is 32.0 Å². The molecule has 3 aromatic heterocycles. The number of H-pyrrole nitrogens is 1.